The normalized spacial score (nSPS) is 13.3. The molecule has 0 atom stereocenters. The van der Waals surface area contributed by atoms with Gasteiger partial charge in [0.1, 0.15) is 0 Å². The molecule has 1 aliphatic rings. The van der Waals surface area contributed by atoms with E-state index in [9.17, 15) is 9.59 Å². The van der Waals surface area contributed by atoms with Crippen molar-refractivity contribution in [2.24, 2.45) is 0 Å². The van der Waals surface area contributed by atoms with Crippen LogP contribution in [0.3, 0.4) is 0 Å². The summed E-state index contributed by atoms with van der Waals surface area (Å²) in [5.41, 5.74) is 2.80. The maximum Gasteiger partial charge on any atom is 0.178 e. The Hall–Kier alpha value is -2.66. The summed E-state index contributed by atoms with van der Waals surface area (Å²) >= 11 is 0. The molecule has 86 valence electrons. The number of hydrogen-bond acceptors (Lipinski definition) is 2. The fourth-order valence-corrected chi connectivity index (χ4v) is 1.68. The summed E-state index contributed by atoms with van der Waals surface area (Å²) in [5.74, 6) is 2.44. The summed E-state index contributed by atoms with van der Waals surface area (Å²) in [4.78, 5) is 22.2. The molecule has 2 heteroatoms. The number of carbonyl (C=O) groups excluding carboxylic acids is 2. The van der Waals surface area contributed by atoms with E-state index < -0.39 is 0 Å². The number of aldehydes is 1. The molecular weight excluding hydrogens is 224 g/mol. The molecule has 0 saturated carbocycles. The fraction of sp³-hybridized carbons (Fsp3) is 0. The monoisotopic (exact) mass is 234 g/mol. The average molecular weight is 234 g/mol. The SMILES string of the molecule is C#Cc1ccc(C(C=O)=C2C=CC(=O)C=C2)cc1. The molecule has 0 aliphatic heterocycles. The zero-order valence-corrected chi connectivity index (χ0v) is 9.59. The van der Waals surface area contributed by atoms with Crippen molar-refractivity contribution in [3.05, 3.63) is 65.3 Å². The zero-order valence-electron chi connectivity index (χ0n) is 9.59. The van der Waals surface area contributed by atoms with Gasteiger partial charge in [0, 0.05) is 11.1 Å². The Morgan fingerprint density at radius 2 is 1.67 bits per heavy atom. The van der Waals surface area contributed by atoms with E-state index in [2.05, 4.69) is 5.92 Å². The van der Waals surface area contributed by atoms with Crippen molar-refractivity contribution in [3.8, 4) is 12.3 Å². The second-order valence-corrected chi connectivity index (χ2v) is 3.78. The van der Waals surface area contributed by atoms with E-state index in [0.29, 0.717) is 5.57 Å². The topological polar surface area (TPSA) is 34.1 Å². The van der Waals surface area contributed by atoms with Crippen molar-refractivity contribution < 1.29 is 9.59 Å². The molecule has 1 aromatic rings. The van der Waals surface area contributed by atoms with Gasteiger partial charge in [0.05, 0.1) is 0 Å². The molecule has 1 aliphatic carbocycles. The lowest BCUT2D eigenvalue weighted by atomic mass is 9.97. The van der Waals surface area contributed by atoms with E-state index in [-0.39, 0.29) is 5.78 Å². The third-order valence-electron chi connectivity index (χ3n) is 2.65. The van der Waals surface area contributed by atoms with Gasteiger partial charge in [-0.25, -0.2) is 0 Å². The first-order valence-corrected chi connectivity index (χ1v) is 5.41. The summed E-state index contributed by atoms with van der Waals surface area (Å²) in [5, 5.41) is 0. The number of rotatable bonds is 2. The molecule has 0 unspecified atom stereocenters. The van der Waals surface area contributed by atoms with E-state index in [1.165, 1.54) is 12.2 Å². The number of ketones is 1. The van der Waals surface area contributed by atoms with Crippen LogP contribution in [0.2, 0.25) is 0 Å². The highest BCUT2D eigenvalue weighted by Crippen LogP contribution is 2.21. The third-order valence-corrected chi connectivity index (χ3v) is 2.65. The van der Waals surface area contributed by atoms with Gasteiger partial charge in [0.15, 0.2) is 12.1 Å². The molecule has 0 bridgehead atoms. The lowest BCUT2D eigenvalue weighted by Gasteiger charge is -2.06. The van der Waals surface area contributed by atoms with Crippen molar-refractivity contribution in [1.29, 1.82) is 0 Å². The lowest BCUT2D eigenvalue weighted by Crippen LogP contribution is -1.96. The van der Waals surface area contributed by atoms with Crippen molar-refractivity contribution in [1.82, 2.24) is 0 Å². The summed E-state index contributed by atoms with van der Waals surface area (Å²) in [6.07, 6.45) is 12.2. The van der Waals surface area contributed by atoms with Crippen molar-refractivity contribution in [2.45, 2.75) is 0 Å². The van der Waals surface area contributed by atoms with Gasteiger partial charge < -0.3 is 0 Å². The summed E-state index contributed by atoms with van der Waals surface area (Å²) < 4.78 is 0. The summed E-state index contributed by atoms with van der Waals surface area (Å²) in [6, 6.07) is 7.15. The van der Waals surface area contributed by atoms with Crippen LogP contribution in [-0.4, -0.2) is 12.1 Å². The number of allylic oxidation sites excluding steroid dienone is 6. The van der Waals surface area contributed by atoms with Gasteiger partial charge in [-0.05, 0) is 35.4 Å². The van der Waals surface area contributed by atoms with Gasteiger partial charge in [-0.15, -0.1) is 6.42 Å². The van der Waals surface area contributed by atoms with Gasteiger partial charge >= 0.3 is 0 Å². The van der Waals surface area contributed by atoms with Crippen LogP contribution in [0.25, 0.3) is 5.57 Å². The van der Waals surface area contributed by atoms with E-state index in [0.717, 1.165) is 23.0 Å². The maximum absolute atomic E-state index is 11.2. The molecule has 0 radical (unpaired) electrons. The predicted octanol–water partition coefficient (Wildman–Crippen LogP) is 2.32. The molecule has 0 spiro atoms. The molecule has 0 N–H and O–H groups in total. The van der Waals surface area contributed by atoms with E-state index >= 15 is 0 Å². The largest absolute Gasteiger partial charge is 0.298 e. The molecule has 2 rings (SSSR count). The first-order chi connectivity index (χ1) is 8.74. The third kappa shape index (κ3) is 2.36. The Bertz CT molecular complexity index is 602. The van der Waals surface area contributed by atoms with Crippen LogP contribution in [-0.2, 0) is 9.59 Å². The van der Waals surface area contributed by atoms with Gasteiger partial charge in [0.2, 0.25) is 0 Å². The molecule has 0 fully saturated rings. The van der Waals surface area contributed by atoms with Crippen LogP contribution < -0.4 is 0 Å². The number of benzene rings is 1. The Balaban J connectivity index is 2.46. The minimum atomic E-state index is -0.0771. The second kappa shape index (κ2) is 5.11. The minimum absolute atomic E-state index is 0.0771. The molecule has 2 nitrogen and oxygen atoms in total. The highest BCUT2D eigenvalue weighted by molar-refractivity contribution is 6.11. The highest BCUT2D eigenvalue weighted by atomic mass is 16.1. The van der Waals surface area contributed by atoms with Gasteiger partial charge in [-0.3, -0.25) is 9.59 Å². The Morgan fingerprint density at radius 3 is 2.17 bits per heavy atom. The van der Waals surface area contributed by atoms with E-state index in [1.54, 1.807) is 36.4 Å². The van der Waals surface area contributed by atoms with Gasteiger partial charge in [0.25, 0.3) is 0 Å². The van der Waals surface area contributed by atoms with Crippen LogP contribution >= 0.6 is 0 Å². The Kier molecular flexibility index (Phi) is 3.36. The molecule has 18 heavy (non-hydrogen) atoms. The van der Waals surface area contributed by atoms with Crippen molar-refractivity contribution in [3.63, 3.8) is 0 Å². The minimum Gasteiger partial charge on any atom is -0.298 e. The molecule has 0 aromatic heterocycles. The van der Waals surface area contributed by atoms with Crippen LogP contribution in [0.4, 0.5) is 0 Å². The maximum atomic E-state index is 11.2. The van der Waals surface area contributed by atoms with Crippen LogP contribution in [0.5, 0.6) is 0 Å². The fourth-order valence-electron chi connectivity index (χ4n) is 1.68. The quantitative estimate of drug-likeness (QED) is 0.447. The van der Waals surface area contributed by atoms with Crippen molar-refractivity contribution >= 4 is 17.6 Å². The van der Waals surface area contributed by atoms with Gasteiger partial charge in [-0.1, -0.05) is 30.2 Å². The van der Waals surface area contributed by atoms with Crippen molar-refractivity contribution in [2.75, 3.05) is 0 Å². The lowest BCUT2D eigenvalue weighted by molar-refractivity contribution is -0.110. The predicted molar refractivity (Wildman–Crippen MR) is 70.6 cm³/mol. The average Bonchev–Trinajstić information content (AvgIpc) is 2.42. The zero-order chi connectivity index (χ0) is 13.0. The number of terminal acetylenes is 1. The van der Waals surface area contributed by atoms with Crippen LogP contribution in [0, 0.1) is 12.3 Å². The molecule has 0 saturated heterocycles. The Labute approximate surface area is 105 Å². The second-order valence-electron chi connectivity index (χ2n) is 3.78. The molecule has 1 aromatic carbocycles. The van der Waals surface area contributed by atoms with E-state index in [1.807, 2.05) is 0 Å². The molecule has 0 heterocycles. The smallest absolute Gasteiger partial charge is 0.178 e. The van der Waals surface area contributed by atoms with Crippen LogP contribution in [0.15, 0.2) is 54.1 Å². The Morgan fingerprint density at radius 1 is 1.06 bits per heavy atom. The number of carbonyl (C=O) groups is 2. The first-order valence-electron chi connectivity index (χ1n) is 5.41. The summed E-state index contributed by atoms with van der Waals surface area (Å²) in [7, 11) is 0. The van der Waals surface area contributed by atoms with Crippen LogP contribution in [0.1, 0.15) is 11.1 Å². The molecule has 0 amide bonds. The highest BCUT2D eigenvalue weighted by Gasteiger charge is 2.07. The standard InChI is InChI=1S/C16H10O2/c1-2-12-3-5-13(6-4-12)16(11-17)14-7-9-15(18)10-8-14/h1,3-11H. The number of hydrogen-bond donors (Lipinski definition) is 0. The molecular formula is C16H10O2. The first kappa shape index (κ1) is 11.8. The van der Waals surface area contributed by atoms with E-state index in [4.69, 9.17) is 6.42 Å². The summed E-state index contributed by atoms with van der Waals surface area (Å²) in [6.45, 7) is 0. The van der Waals surface area contributed by atoms with Gasteiger partial charge in [-0.2, -0.15) is 0 Å².